The van der Waals surface area contributed by atoms with Crippen molar-refractivity contribution < 1.29 is 14.1 Å². The summed E-state index contributed by atoms with van der Waals surface area (Å²) in [6.07, 6.45) is 1.37. The molecule has 1 atom stereocenters. The number of benzene rings is 2. The minimum absolute atomic E-state index is 0.0995. The summed E-state index contributed by atoms with van der Waals surface area (Å²) in [5, 5.41) is 8.25. The summed E-state index contributed by atoms with van der Waals surface area (Å²) in [4.78, 5) is 29.6. The Morgan fingerprint density at radius 3 is 2.42 bits per heavy atom. The highest BCUT2D eigenvalue weighted by Gasteiger charge is 2.36. The number of nitrogens with zero attached hydrogens (tertiary/aromatic N) is 3. The molecular formula is C24H24Cl2N4O3. The van der Waals surface area contributed by atoms with Gasteiger partial charge in [0.25, 0.3) is 0 Å². The number of urea groups is 1. The van der Waals surface area contributed by atoms with Crippen molar-refractivity contribution in [2.75, 3.05) is 18.9 Å². The Morgan fingerprint density at radius 2 is 1.76 bits per heavy atom. The number of amides is 3. The van der Waals surface area contributed by atoms with E-state index in [4.69, 9.17) is 27.7 Å². The molecule has 2 heterocycles. The molecule has 172 valence electrons. The molecule has 1 fully saturated rings. The largest absolute Gasteiger partial charge is 0.359 e. The summed E-state index contributed by atoms with van der Waals surface area (Å²) >= 11 is 11.9. The molecule has 0 radical (unpaired) electrons. The van der Waals surface area contributed by atoms with Crippen LogP contribution in [0.15, 0.2) is 53.1 Å². The van der Waals surface area contributed by atoms with Gasteiger partial charge in [0.1, 0.15) is 17.4 Å². The summed E-state index contributed by atoms with van der Waals surface area (Å²) in [5.74, 6) is 0.382. The Labute approximate surface area is 202 Å². The smallest absolute Gasteiger partial charge is 0.322 e. The van der Waals surface area contributed by atoms with E-state index in [0.717, 1.165) is 17.5 Å². The minimum atomic E-state index is -0.526. The maximum Gasteiger partial charge on any atom is 0.322 e. The van der Waals surface area contributed by atoms with Crippen LogP contribution in [0.1, 0.15) is 24.2 Å². The molecule has 1 unspecified atom stereocenters. The number of carbonyl (C=O) groups excluding carboxylic acids is 2. The number of anilines is 1. The highest BCUT2D eigenvalue weighted by Crippen LogP contribution is 2.32. The van der Waals surface area contributed by atoms with E-state index in [0.29, 0.717) is 46.7 Å². The second kappa shape index (κ2) is 9.85. The molecule has 4 rings (SSSR count). The Morgan fingerprint density at radius 1 is 1.12 bits per heavy atom. The zero-order valence-corrected chi connectivity index (χ0v) is 19.9. The predicted molar refractivity (Wildman–Crippen MR) is 128 cm³/mol. The van der Waals surface area contributed by atoms with Gasteiger partial charge in [-0.2, -0.15) is 0 Å². The SMILES string of the molecule is Cc1onc(-c2ccc(Cl)cc2)c1NC(=O)N1CCCC1C(=O)N(C)Cc1ccc(Cl)cc1. The van der Waals surface area contributed by atoms with Crippen LogP contribution in [0.25, 0.3) is 11.3 Å². The molecule has 0 aliphatic carbocycles. The first kappa shape index (κ1) is 23.1. The van der Waals surface area contributed by atoms with Crippen LogP contribution in [0.5, 0.6) is 0 Å². The predicted octanol–water partition coefficient (Wildman–Crippen LogP) is 5.61. The van der Waals surface area contributed by atoms with Crippen molar-refractivity contribution in [3.63, 3.8) is 0 Å². The van der Waals surface area contributed by atoms with Gasteiger partial charge < -0.3 is 19.6 Å². The lowest BCUT2D eigenvalue weighted by molar-refractivity contribution is -0.134. The van der Waals surface area contributed by atoms with Crippen molar-refractivity contribution in [1.82, 2.24) is 15.0 Å². The van der Waals surface area contributed by atoms with E-state index >= 15 is 0 Å². The Balaban J connectivity index is 1.47. The molecule has 3 aromatic rings. The number of carbonyl (C=O) groups is 2. The normalized spacial score (nSPS) is 15.5. The average molecular weight is 487 g/mol. The molecule has 3 amide bonds. The number of aromatic nitrogens is 1. The number of nitrogens with one attached hydrogen (secondary N) is 1. The summed E-state index contributed by atoms with van der Waals surface area (Å²) in [6.45, 7) is 2.67. The molecule has 9 heteroatoms. The number of hydrogen-bond donors (Lipinski definition) is 1. The number of aryl methyl sites for hydroxylation is 1. The van der Waals surface area contributed by atoms with Crippen molar-refractivity contribution >= 4 is 40.8 Å². The number of likely N-dealkylation sites (N-methyl/N-ethyl adjacent to an activating group) is 1. The molecular weight excluding hydrogens is 463 g/mol. The van der Waals surface area contributed by atoms with Crippen LogP contribution >= 0.6 is 23.2 Å². The van der Waals surface area contributed by atoms with Gasteiger partial charge in [-0.25, -0.2) is 4.79 Å². The van der Waals surface area contributed by atoms with Gasteiger partial charge in [0.2, 0.25) is 5.91 Å². The molecule has 0 bridgehead atoms. The van der Waals surface area contributed by atoms with Gasteiger partial charge in [-0.05, 0) is 49.6 Å². The first-order valence-electron chi connectivity index (χ1n) is 10.6. The second-order valence-corrected chi connectivity index (χ2v) is 8.94. The quantitative estimate of drug-likeness (QED) is 0.507. The standard InChI is InChI=1S/C24H24Cl2N4O3/c1-15-21(22(28-33-15)17-7-11-19(26)12-8-17)27-24(32)30-13-3-4-20(30)23(31)29(2)14-16-5-9-18(25)10-6-16/h5-12,20H,3-4,13-14H2,1-2H3,(H,27,32). The van der Waals surface area contributed by atoms with Gasteiger partial charge in [0, 0.05) is 35.7 Å². The maximum absolute atomic E-state index is 13.2. The molecule has 1 aliphatic heterocycles. The van der Waals surface area contributed by atoms with Crippen LogP contribution in [-0.2, 0) is 11.3 Å². The number of rotatable bonds is 5. The van der Waals surface area contributed by atoms with Crippen molar-refractivity contribution in [3.05, 3.63) is 69.9 Å². The van der Waals surface area contributed by atoms with Crippen LogP contribution in [0, 0.1) is 6.92 Å². The highest BCUT2D eigenvalue weighted by atomic mass is 35.5. The van der Waals surface area contributed by atoms with Gasteiger partial charge in [-0.3, -0.25) is 4.79 Å². The first-order valence-corrected chi connectivity index (χ1v) is 11.4. The molecule has 33 heavy (non-hydrogen) atoms. The van der Waals surface area contributed by atoms with E-state index in [1.165, 1.54) is 0 Å². The average Bonchev–Trinajstić information content (AvgIpc) is 3.43. The van der Waals surface area contributed by atoms with Crippen molar-refractivity contribution in [3.8, 4) is 11.3 Å². The van der Waals surface area contributed by atoms with E-state index in [9.17, 15) is 9.59 Å². The van der Waals surface area contributed by atoms with Crippen LogP contribution in [0.4, 0.5) is 10.5 Å². The number of likely N-dealkylation sites (tertiary alicyclic amines) is 1. The van der Waals surface area contributed by atoms with Gasteiger partial charge in [-0.15, -0.1) is 0 Å². The maximum atomic E-state index is 13.2. The molecule has 2 aromatic carbocycles. The molecule has 0 saturated carbocycles. The van der Waals surface area contributed by atoms with Crippen LogP contribution in [0.2, 0.25) is 10.0 Å². The van der Waals surface area contributed by atoms with Crippen molar-refractivity contribution in [2.45, 2.75) is 32.4 Å². The zero-order chi connectivity index (χ0) is 23.5. The third-order valence-electron chi connectivity index (χ3n) is 5.72. The summed E-state index contributed by atoms with van der Waals surface area (Å²) in [7, 11) is 1.74. The van der Waals surface area contributed by atoms with E-state index in [-0.39, 0.29) is 11.9 Å². The Hall–Kier alpha value is -3.03. The second-order valence-electron chi connectivity index (χ2n) is 8.07. The Kier molecular flexibility index (Phi) is 6.91. The molecule has 1 aliphatic rings. The molecule has 7 nitrogen and oxygen atoms in total. The summed E-state index contributed by atoms with van der Waals surface area (Å²) < 4.78 is 5.33. The van der Waals surface area contributed by atoms with Gasteiger partial charge in [-0.1, -0.05) is 52.6 Å². The molecule has 1 aromatic heterocycles. The number of halogens is 2. The highest BCUT2D eigenvalue weighted by molar-refractivity contribution is 6.30. The lowest BCUT2D eigenvalue weighted by Crippen LogP contribution is -2.47. The Bertz CT molecular complexity index is 1150. The summed E-state index contributed by atoms with van der Waals surface area (Å²) in [5.41, 5.74) is 2.73. The fourth-order valence-corrected chi connectivity index (χ4v) is 4.22. The van der Waals surface area contributed by atoms with Crippen LogP contribution in [0.3, 0.4) is 0 Å². The summed E-state index contributed by atoms with van der Waals surface area (Å²) in [6, 6.07) is 13.6. The number of hydrogen-bond acceptors (Lipinski definition) is 4. The van der Waals surface area contributed by atoms with Crippen molar-refractivity contribution in [2.24, 2.45) is 0 Å². The van der Waals surface area contributed by atoms with E-state index in [1.54, 1.807) is 48.0 Å². The van der Waals surface area contributed by atoms with Crippen molar-refractivity contribution in [1.29, 1.82) is 0 Å². The van der Waals surface area contributed by atoms with E-state index in [1.807, 2.05) is 24.3 Å². The van der Waals surface area contributed by atoms with Gasteiger partial charge in [0.15, 0.2) is 5.76 Å². The van der Waals surface area contributed by atoms with E-state index < -0.39 is 6.04 Å². The van der Waals surface area contributed by atoms with Gasteiger partial charge >= 0.3 is 6.03 Å². The zero-order valence-electron chi connectivity index (χ0n) is 18.3. The van der Waals surface area contributed by atoms with Crippen LogP contribution in [-0.4, -0.2) is 46.5 Å². The fourth-order valence-electron chi connectivity index (χ4n) is 3.97. The lowest BCUT2D eigenvalue weighted by atomic mass is 10.1. The first-order chi connectivity index (χ1) is 15.8. The van der Waals surface area contributed by atoms with Crippen LogP contribution < -0.4 is 5.32 Å². The topological polar surface area (TPSA) is 78.7 Å². The molecule has 1 N–H and O–H groups in total. The monoisotopic (exact) mass is 486 g/mol. The van der Waals surface area contributed by atoms with Gasteiger partial charge in [0.05, 0.1) is 0 Å². The van der Waals surface area contributed by atoms with E-state index in [2.05, 4.69) is 10.5 Å². The third kappa shape index (κ3) is 5.15. The third-order valence-corrected chi connectivity index (χ3v) is 6.22. The molecule has 1 saturated heterocycles. The minimum Gasteiger partial charge on any atom is -0.359 e. The lowest BCUT2D eigenvalue weighted by Gasteiger charge is -2.28. The fraction of sp³-hybridized carbons (Fsp3) is 0.292. The molecule has 0 spiro atoms.